The van der Waals surface area contributed by atoms with Crippen molar-refractivity contribution in [3.8, 4) is 0 Å². The third kappa shape index (κ3) is 2.18. The Bertz CT molecular complexity index is 305. The van der Waals surface area contributed by atoms with Crippen molar-refractivity contribution in [1.29, 1.82) is 0 Å². The fourth-order valence-corrected chi connectivity index (χ4v) is 3.45. The molecule has 2 N–H and O–H groups in total. The van der Waals surface area contributed by atoms with Gasteiger partial charge in [-0.1, -0.05) is 18.3 Å². The average Bonchev–Trinajstić information content (AvgIpc) is 2.77. The van der Waals surface area contributed by atoms with Crippen molar-refractivity contribution in [2.75, 3.05) is 16.8 Å². The molecule has 14 heavy (non-hydrogen) atoms. The van der Waals surface area contributed by atoms with Crippen LogP contribution in [0.15, 0.2) is 0 Å². The molecular formula is C8H13N3OS2. The lowest BCUT2D eigenvalue weighted by Gasteiger charge is -2.14. The van der Waals surface area contributed by atoms with Gasteiger partial charge in [0.2, 0.25) is 5.13 Å². The van der Waals surface area contributed by atoms with Gasteiger partial charge in [0.25, 0.3) is 0 Å². The Hall–Kier alpha value is -0.330. The number of nitrogens with one attached hydrogen (secondary N) is 1. The second kappa shape index (κ2) is 4.46. The molecule has 1 aliphatic rings. The van der Waals surface area contributed by atoms with Crippen LogP contribution < -0.4 is 5.32 Å². The van der Waals surface area contributed by atoms with Crippen LogP contribution in [0, 0.1) is 5.92 Å². The quantitative estimate of drug-likeness (QED) is 0.818. The molecule has 1 aromatic heterocycles. The van der Waals surface area contributed by atoms with Crippen LogP contribution in [0.1, 0.15) is 11.9 Å². The first-order valence-corrected chi connectivity index (χ1v) is 6.54. The van der Waals surface area contributed by atoms with Crippen molar-refractivity contribution >= 4 is 28.2 Å². The van der Waals surface area contributed by atoms with Gasteiger partial charge in [-0.05, 0) is 11.7 Å². The average molecular weight is 231 g/mol. The first-order chi connectivity index (χ1) is 6.79. The molecule has 0 spiro atoms. The van der Waals surface area contributed by atoms with Gasteiger partial charge in [0, 0.05) is 11.8 Å². The smallest absolute Gasteiger partial charge is 0.206 e. The molecule has 1 fully saturated rings. The minimum Gasteiger partial charge on any atom is -0.389 e. The van der Waals surface area contributed by atoms with Gasteiger partial charge in [-0.25, -0.2) is 0 Å². The molecule has 6 heteroatoms. The maximum Gasteiger partial charge on any atom is 0.206 e. The molecule has 2 atom stereocenters. The van der Waals surface area contributed by atoms with Crippen molar-refractivity contribution in [2.24, 2.45) is 5.92 Å². The van der Waals surface area contributed by atoms with Gasteiger partial charge in [-0.3, -0.25) is 0 Å². The number of aliphatic hydroxyl groups excluding tert-OH is 1. The molecule has 0 saturated carbocycles. The Balaban J connectivity index is 1.96. The van der Waals surface area contributed by atoms with Crippen LogP contribution in [0.5, 0.6) is 0 Å². The fourth-order valence-electron chi connectivity index (χ4n) is 1.38. The predicted molar refractivity (Wildman–Crippen MR) is 59.7 cm³/mol. The van der Waals surface area contributed by atoms with Crippen LogP contribution >= 0.6 is 23.1 Å². The van der Waals surface area contributed by atoms with Gasteiger partial charge in [0.1, 0.15) is 5.01 Å². The molecular weight excluding hydrogens is 218 g/mol. The van der Waals surface area contributed by atoms with E-state index in [1.807, 2.05) is 11.8 Å². The summed E-state index contributed by atoms with van der Waals surface area (Å²) in [5.41, 5.74) is 0. The van der Waals surface area contributed by atoms with E-state index >= 15 is 0 Å². The van der Waals surface area contributed by atoms with Crippen molar-refractivity contribution in [3.63, 3.8) is 0 Å². The van der Waals surface area contributed by atoms with Crippen molar-refractivity contribution in [3.05, 3.63) is 5.01 Å². The molecule has 2 unspecified atom stereocenters. The summed E-state index contributed by atoms with van der Waals surface area (Å²) < 4.78 is 0. The van der Waals surface area contributed by atoms with E-state index in [1.165, 1.54) is 17.1 Å². The Kier molecular flexibility index (Phi) is 3.25. The van der Waals surface area contributed by atoms with E-state index in [0.29, 0.717) is 17.0 Å². The van der Waals surface area contributed by atoms with E-state index in [4.69, 9.17) is 5.11 Å². The zero-order valence-electron chi connectivity index (χ0n) is 7.93. The molecule has 1 saturated heterocycles. The molecule has 2 heterocycles. The standard InChI is InChI=1S/C8H13N3OS2/c1-5-3-13-4-6(5)9-8-11-10-7(2-12)14-8/h5-6,12H,2-4H2,1H3,(H,9,11). The SMILES string of the molecule is CC1CSCC1Nc1nnc(CO)s1. The van der Waals surface area contributed by atoms with Crippen LogP contribution in [-0.4, -0.2) is 32.9 Å². The summed E-state index contributed by atoms with van der Waals surface area (Å²) in [4.78, 5) is 0. The largest absolute Gasteiger partial charge is 0.389 e. The number of rotatable bonds is 3. The summed E-state index contributed by atoms with van der Waals surface area (Å²) in [7, 11) is 0. The number of hydrogen-bond donors (Lipinski definition) is 2. The molecule has 1 aliphatic heterocycles. The van der Waals surface area contributed by atoms with Gasteiger partial charge in [-0.15, -0.1) is 10.2 Å². The van der Waals surface area contributed by atoms with Crippen molar-refractivity contribution in [1.82, 2.24) is 10.2 Å². The van der Waals surface area contributed by atoms with Crippen LogP contribution in [0.2, 0.25) is 0 Å². The van der Waals surface area contributed by atoms with Crippen LogP contribution in [0.3, 0.4) is 0 Å². The molecule has 0 aromatic carbocycles. The van der Waals surface area contributed by atoms with Gasteiger partial charge in [0.05, 0.1) is 6.61 Å². The molecule has 1 aromatic rings. The molecule has 2 rings (SSSR count). The number of aromatic nitrogens is 2. The first kappa shape index (κ1) is 10.2. The summed E-state index contributed by atoms with van der Waals surface area (Å²) in [5, 5.41) is 21.5. The molecule has 0 amide bonds. The minimum absolute atomic E-state index is 0.0195. The second-order valence-corrected chi connectivity index (χ2v) is 5.56. The van der Waals surface area contributed by atoms with Crippen LogP contribution in [0.4, 0.5) is 5.13 Å². The molecule has 0 aliphatic carbocycles. The lowest BCUT2D eigenvalue weighted by Crippen LogP contribution is -2.25. The fraction of sp³-hybridized carbons (Fsp3) is 0.750. The summed E-state index contributed by atoms with van der Waals surface area (Å²) in [6.45, 7) is 2.22. The highest BCUT2D eigenvalue weighted by atomic mass is 32.2. The molecule has 78 valence electrons. The first-order valence-electron chi connectivity index (χ1n) is 4.57. The number of thioether (sulfide) groups is 1. The minimum atomic E-state index is -0.0195. The topological polar surface area (TPSA) is 58.0 Å². The highest BCUT2D eigenvalue weighted by molar-refractivity contribution is 7.99. The lowest BCUT2D eigenvalue weighted by atomic mass is 10.1. The predicted octanol–water partition coefficient (Wildman–Crippen LogP) is 1.19. The van der Waals surface area contributed by atoms with E-state index in [1.54, 1.807) is 0 Å². The summed E-state index contributed by atoms with van der Waals surface area (Å²) in [5.74, 6) is 3.03. The van der Waals surface area contributed by atoms with Gasteiger partial charge in [-0.2, -0.15) is 11.8 Å². The van der Waals surface area contributed by atoms with E-state index < -0.39 is 0 Å². The normalized spacial score (nSPS) is 26.7. The molecule has 0 radical (unpaired) electrons. The van der Waals surface area contributed by atoms with Crippen molar-refractivity contribution in [2.45, 2.75) is 19.6 Å². The number of aliphatic hydroxyl groups is 1. The van der Waals surface area contributed by atoms with E-state index in [9.17, 15) is 0 Å². The summed E-state index contributed by atoms with van der Waals surface area (Å²) in [6.07, 6.45) is 0. The third-order valence-electron chi connectivity index (χ3n) is 2.28. The summed E-state index contributed by atoms with van der Waals surface area (Å²) in [6, 6.07) is 0.500. The van der Waals surface area contributed by atoms with Crippen LogP contribution in [0.25, 0.3) is 0 Å². The second-order valence-electron chi connectivity index (χ2n) is 3.42. The van der Waals surface area contributed by atoms with E-state index in [2.05, 4.69) is 22.4 Å². The number of anilines is 1. The maximum absolute atomic E-state index is 8.84. The Morgan fingerprint density at radius 1 is 1.50 bits per heavy atom. The zero-order valence-corrected chi connectivity index (χ0v) is 9.57. The Labute approximate surface area is 91.1 Å². The number of nitrogens with zero attached hydrogens (tertiary/aromatic N) is 2. The maximum atomic E-state index is 8.84. The Morgan fingerprint density at radius 3 is 2.93 bits per heavy atom. The molecule has 4 nitrogen and oxygen atoms in total. The molecule has 0 bridgehead atoms. The number of hydrogen-bond acceptors (Lipinski definition) is 6. The Morgan fingerprint density at radius 2 is 2.36 bits per heavy atom. The van der Waals surface area contributed by atoms with E-state index in [0.717, 1.165) is 10.9 Å². The highest BCUT2D eigenvalue weighted by Gasteiger charge is 2.24. The van der Waals surface area contributed by atoms with Gasteiger partial charge < -0.3 is 10.4 Å². The highest BCUT2D eigenvalue weighted by Crippen LogP contribution is 2.27. The van der Waals surface area contributed by atoms with Gasteiger partial charge in [0.15, 0.2) is 0 Å². The van der Waals surface area contributed by atoms with E-state index in [-0.39, 0.29) is 6.61 Å². The summed E-state index contributed by atoms with van der Waals surface area (Å²) >= 11 is 3.40. The third-order valence-corrected chi connectivity index (χ3v) is 4.47. The van der Waals surface area contributed by atoms with Crippen molar-refractivity contribution < 1.29 is 5.11 Å². The lowest BCUT2D eigenvalue weighted by molar-refractivity contribution is 0.280. The zero-order chi connectivity index (χ0) is 9.97. The van der Waals surface area contributed by atoms with Gasteiger partial charge >= 0.3 is 0 Å². The monoisotopic (exact) mass is 231 g/mol. The van der Waals surface area contributed by atoms with Crippen LogP contribution in [-0.2, 0) is 6.61 Å².